The smallest absolute Gasteiger partial charge is 0.246 e. The van der Waals surface area contributed by atoms with Crippen LogP contribution in [-0.4, -0.2) is 69.1 Å². The largest absolute Gasteiger partial charge is 0.338 e. The maximum absolute atomic E-state index is 12.9. The summed E-state index contributed by atoms with van der Waals surface area (Å²) in [5.74, 6) is -0.139. The lowest BCUT2D eigenvalue weighted by Crippen LogP contribution is -2.55. The molecule has 2 rings (SSSR count). The zero-order chi connectivity index (χ0) is 18.8. The van der Waals surface area contributed by atoms with E-state index in [-0.39, 0.29) is 5.91 Å². The second-order valence-corrected chi connectivity index (χ2v) is 8.62. The van der Waals surface area contributed by atoms with Crippen molar-refractivity contribution in [3.8, 4) is 0 Å². The van der Waals surface area contributed by atoms with Gasteiger partial charge < -0.3 is 9.80 Å². The number of aryl methyl sites for hydroxylation is 2. The Bertz CT molecular complexity index is 725. The van der Waals surface area contributed by atoms with E-state index < -0.39 is 16.1 Å². The summed E-state index contributed by atoms with van der Waals surface area (Å²) in [6, 6.07) is 4.72. The van der Waals surface area contributed by atoms with Gasteiger partial charge in [0.05, 0.1) is 11.9 Å². The minimum absolute atomic E-state index is 0.139. The van der Waals surface area contributed by atoms with Crippen molar-refractivity contribution < 1.29 is 13.2 Å². The molecule has 0 radical (unpaired) electrons. The van der Waals surface area contributed by atoms with Crippen LogP contribution in [0.5, 0.6) is 0 Å². The van der Waals surface area contributed by atoms with Gasteiger partial charge in [0.2, 0.25) is 15.9 Å². The van der Waals surface area contributed by atoms with Crippen molar-refractivity contribution in [2.75, 3.05) is 43.3 Å². The van der Waals surface area contributed by atoms with E-state index in [2.05, 4.69) is 11.8 Å². The number of piperazine rings is 1. The lowest BCUT2D eigenvalue weighted by atomic mass is 10.1. The number of benzene rings is 1. The van der Waals surface area contributed by atoms with Crippen LogP contribution in [-0.2, 0) is 14.8 Å². The van der Waals surface area contributed by atoms with Crippen LogP contribution >= 0.6 is 0 Å². The first-order chi connectivity index (χ1) is 11.6. The van der Waals surface area contributed by atoms with Crippen LogP contribution in [0.4, 0.5) is 5.69 Å². The predicted molar refractivity (Wildman–Crippen MR) is 101 cm³/mol. The molecule has 1 heterocycles. The number of amides is 1. The van der Waals surface area contributed by atoms with E-state index in [1.54, 1.807) is 17.9 Å². The third-order valence-electron chi connectivity index (χ3n) is 4.94. The summed E-state index contributed by atoms with van der Waals surface area (Å²) in [6.07, 6.45) is 1.15. The molecule has 6 nitrogen and oxygen atoms in total. The van der Waals surface area contributed by atoms with Gasteiger partial charge in [0.15, 0.2) is 0 Å². The lowest BCUT2D eigenvalue weighted by molar-refractivity contribution is -0.133. The van der Waals surface area contributed by atoms with Gasteiger partial charge >= 0.3 is 0 Å². The van der Waals surface area contributed by atoms with E-state index in [4.69, 9.17) is 0 Å². The van der Waals surface area contributed by atoms with Gasteiger partial charge in [-0.05, 0) is 50.6 Å². The molecule has 1 amide bonds. The number of carbonyl (C=O) groups is 1. The lowest BCUT2D eigenvalue weighted by Gasteiger charge is -2.37. The Kier molecular flexibility index (Phi) is 6.11. The van der Waals surface area contributed by atoms with E-state index in [1.807, 2.05) is 26.0 Å². The molecule has 1 aromatic carbocycles. The van der Waals surface area contributed by atoms with Crippen LogP contribution in [0.3, 0.4) is 0 Å². The van der Waals surface area contributed by atoms with Gasteiger partial charge in [-0.3, -0.25) is 9.10 Å². The molecule has 1 fully saturated rings. The van der Waals surface area contributed by atoms with Gasteiger partial charge in [-0.1, -0.05) is 13.0 Å². The summed E-state index contributed by atoms with van der Waals surface area (Å²) < 4.78 is 26.0. The first kappa shape index (κ1) is 19.7. The van der Waals surface area contributed by atoms with Crippen LogP contribution in [0.2, 0.25) is 0 Å². The highest BCUT2D eigenvalue weighted by atomic mass is 32.2. The van der Waals surface area contributed by atoms with Gasteiger partial charge in [-0.25, -0.2) is 8.42 Å². The number of nitrogens with zero attached hydrogens (tertiary/aromatic N) is 3. The van der Waals surface area contributed by atoms with Crippen molar-refractivity contribution in [2.24, 2.45) is 0 Å². The fraction of sp³-hybridized carbons (Fsp3) is 0.611. The second-order valence-electron chi connectivity index (χ2n) is 6.76. The van der Waals surface area contributed by atoms with Crippen LogP contribution < -0.4 is 4.31 Å². The van der Waals surface area contributed by atoms with Crippen LogP contribution in [0.25, 0.3) is 0 Å². The Morgan fingerprint density at radius 3 is 2.24 bits per heavy atom. The topological polar surface area (TPSA) is 60.9 Å². The Hall–Kier alpha value is -1.60. The zero-order valence-corrected chi connectivity index (χ0v) is 16.6. The van der Waals surface area contributed by atoms with Crippen LogP contribution in [0.1, 0.15) is 25.0 Å². The van der Waals surface area contributed by atoms with Gasteiger partial charge in [0.1, 0.15) is 6.04 Å². The maximum atomic E-state index is 12.9. The van der Waals surface area contributed by atoms with Gasteiger partial charge in [0, 0.05) is 26.2 Å². The molecule has 7 heteroatoms. The van der Waals surface area contributed by atoms with Crippen molar-refractivity contribution in [3.63, 3.8) is 0 Å². The van der Waals surface area contributed by atoms with E-state index >= 15 is 0 Å². The number of hydrogen-bond acceptors (Lipinski definition) is 4. The standard InChI is InChI=1S/C18H29N3O3S/c1-6-19-9-11-20(12-10-19)18(22)16(4)21(25(5,23)24)17-8-7-14(2)15(3)13-17/h7-8,13,16H,6,9-12H2,1-5H3/t16-/m0/s1. The SMILES string of the molecule is CCN1CCN(C(=O)[C@H](C)N(c2ccc(C)c(C)c2)S(C)(=O)=O)CC1. The van der Waals surface area contributed by atoms with Crippen molar-refractivity contribution in [2.45, 2.75) is 33.7 Å². The summed E-state index contributed by atoms with van der Waals surface area (Å²) in [4.78, 5) is 17.0. The normalized spacial score (nSPS) is 17.4. The molecule has 0 bridgehead atoms. The third-order valence-corrected chi connectivity index (χ3v) is 6.18. The highest BCUT2D eigenvalue weighted by Crippen LogP contribution is 2.24. The molecule has 0 aliphatic carbocycles. The minimum Gasteiger partial charge on any atom is -0.338 e. The number of hydrogen-bond donors (Lipinski definition) is 0. The third kappa shape index (κ3) is 4.52. The van der Waals surface area contributed by atoms with Crippen molar-refractivity contribution >= 4 is 21.6 Å². The number of likely N-dealkylation sites (N-methyl/N-ethyl adjacent to an activating group) is 1. The summed E-state index contributed by atoms with van der Waals surface area (Å²) in [5, 5.41) is 0. The molecule has 140 valence electrons. The first-order valence-corrected chi connectivity index (χ1v) is 10.6. The average molecular weight is 368 g/mol. The van der Waals surface area contributed by atoms with E-state index in [0.29, 0.717) is 18.8 Å². The molecule has 0 N–H and O–H groups in total. The fourth-order valence-corrected chi connectivity index (χ4v) is 4.38. The van der Waals surface area contributed by atoms with Crippen molar-refractivity contribution in [3.05, 3.63) is 29.3 Å². The van der Waals surface area contributed by atoms with E-state index in [9.17, 15) is 13.2 Å². The second kappa shape index (κ2) is 7.74. The molecular weight excluding hydrogens is 338 g/mol. The number of sulfonamides is 1. The van der Waals surface area contributed by atoms with Crippen molar-refractivity contribution in [1.82, 2.24) is 9.80 Å². The highest BCUT2D eigenvalue weighted by Gasteiger charge is 2.33. The molecule has 1 aliphatic heterocycles. The highest BCUT2D eigenvalue weighted by molar-refractivity contribution is 7.92. The molecule has 25 heavy (non-hydrogen) atoms. The molecule has 0 aromatic heterocycles. The van der Waals surface area contributed by atoms with Crippen molar-refractivity contribution in [1.29, 1.82) is 0 Å². The molecule has 0 unspecified atom stereocenters. The zero-order valence-electron chi connectivity index (χ0n) is 15.8. The summed E-state index contributed by atoms with van der Waals surface area (Å²) in [6.45, 7) is 11.6. The number of anilines is 1. The van der Waals surface area contributed by atoms with E-state index in [1.165, 1.54) is 4.31 Å². The van der Waals surface area contributed by atoms with Crippen LogP contribution in [0, 0.1) is 13.8 Å². The molecular formula is C18H29N3O3S. The summed E-state index contributed by atoms with van der Waals surface area (Å²) in [5.41, 5.74) is 2.63. The Morgan fingerprint density at radius 1 is 1.16 bits per heavy atom. The van der Waals surface area contributed by atoms with E-state index in [0.717, 1.165) is 37.0 Å². The number of rotatable bonds is 5. The van der Waals surface area contributed by atoms with Gasteiger partial charge in [-0.2, -0.15) is 0 Å². The fourth-order valence-electron chi connectivity index (χ4n) is 3.21. The minimum atomic E-state index is -3.57. The Balaban J connectivity index is 2.26. The van der Waals surface area contributed by atoms with Gasteiger partial charge in [-0.15, -0.1) is 0 Å². The summed E-state index contributed by atoms with van der Waals surface area (Å²) >= 11 is 0. The molecule has 1 aromatic rings. The monoisotopic (exact) mass is 367 g/mol. The summed E-state index contributed by atoms with van der Waals surface area (Å²) in [7, 11) is -3.57. The van der Waals surface area contributed by atoms with Gasteiger partial charge in [0.25, 0.3) is 0 Å². The molecule has 1 saturated heterocycles. The number of carbonyl (C=O) groups excluding carboxylic acids is 1. The average Bonchev–Trinajstić information content (AvgIpc) is 2.56. The molecule has 1 aliphatic rings. The molecule has 0 spiro atoms. The Morgan fingerprint density at radius 2 is 1.76 bits per heavy atom. The Labute approximate surface area is 151 Å². The maximum Gasteiger partial charge on any atom is 0.246 e. The predicted octanol–water partition coefficient (Wildman–Crippen LogP) is 1.62. The molecule has 1 atom stereocenters. The van der Waals surface area contributed by atoms with Crippen LogP contribution in [0.15, 0.2) is 18.2 Å². The molecule has 0 saturated carbocycles. The quantitative estimate of drug-likeness (QED) is 0.793. The first-order valence-electron chi connectivity index (χ1n) is 8.73.